The Kier molecular flexibility index (Phi) is 7.50. The van der Waals surface area contributed by atoms with Crippen molar-refractivity contribution in [3.63, 3.8) is 0 Å². The standard InChI is InChI=1S/C42H36F6N/c1-3-5-15-49(16-6-4-2)23-33-31(27-19-35(43)41(47)36(44)20-27)17-25-11-7-9-13-29(25)39(33)40-30-14-10-8-12-26(30)18-32(34(40)24-49)28-21-37(45)42(48)38(46)22-28/h7-14,17-22H,3-6,15-16,23-24H2,1-2H3/q+1/i23D2,24D2. The Morgan fingerprint density at radius 2 is 0.918 bits per heavy atom. The highest BCUT2D eigenvalue weighted by atomic mass is 19.2. The summed E-state index contributed by atoms with van der Waals surface area (Å²) in [5.74, 6) is -9.27. The van der Waals surface area contributed by atoms with Gasteiger partial charge < -0.3 is 4.48 Å². The van der Waals surface area contributed by atoms with Crippen LogP contribution >= 0.6 is 0 Å². The zero-order chi connectivity index (χ0) is 38.0. The molecule has 0 aromatic heterocycles. The summed E-state index contributed by atoms with van der Waals surface area (Å²) in [6.07, 6.45) is 1.88. The van der Waals surface area contributed by atoms with Gasteiger partial charge in [0, 0.05) is 22.3 Å². The normalized spacial score (nSPS) is 17.1. The molecule has 0 aliphatic carbocycles. The summed E-state index contributed by atoms with van der Waals surface area (Å²) in [5, 5.41) is 2.01. The van der Waals surface area contributed by atoms with E-state index in [1.165, 1.54) is 0 Å². The molecule has 1 aliphatic heterocycles. The van der Waals surface area contributed by atoms with E-state index in [0.29, 0.717) is 47.2 Å². The first kappa shape index (κ1) is 28.2. The first-order chi connectivity index (χ1) is 25.2. The van der Waals surface area contributed by atoms with Crippen molar-refractivity contribution in [3.8, 4) is 33.4 Å². The quantitative estimate of drug-likeness (QED) is 0.0858. The molecule has 1 aliphatic rings. The third-order valence-electron chi connectivity index (χ3n) is 9.38. The lowest BCUT2D eigenvalue weighted by Gasteiger charge is -2.39. The van der Waals surface area contributed by atoms with Crippen LogP contribution in [0.25, 0.3) is 54.9 Å². The largest absolute Gasteiger partial charge is 0.316 e. The summed E-state index contributed by atoms with van der Waals surface area (Å²) in [5.41, 5.74) is 0.0999. The van der Waals surface area contributed by atoms with Crippen LogP contribution in [-0.2, 0) is 13.0 Å². The molecule has 0 bridgehead atoms. The minimum atomic E-state index is -2.65. The molecule has 250 valence electrons. The predicted octanol–water partition coefficient (Wildman–Crippen LogP) is 12.3. The lowest BCUT2D eigenvalue weighted by Crippen LogP contribution is -2.47. The Bertz CT molecular complexity index is 2210. The van der Waals surface area contributed by atoms with Gasteiger partial charge in [0.15, 0.2) is 34.9 Å². The molecule has 0 saturated heterocycles. The Morgan fingerprint density at radius 3 is 1.29 bits per heavy atom. The maximum Gasteiger partial charge on any atom is 0.194 e. The average Bonchev–Trinajstić information content (AvgIpc) is 3.18. The Hall–Kier alpha value is -4.62. The minimum absolute atomic E-state index is 0.0355. The maximum absolute atomic E-state index is 15.1. The van der Waals surface area contributed by atoms with Crippen LogP contribution in [0.1, 0.15) is 56.1 Å². The molecule has 7 heteroatoms. The lowest BCUT2D eigenvalue weighted by molar-refractivity contribution is -0.953. The third-order valence-corrected chi connectivity index (χ3v) is 9.38. The van der Waals surface area contributed by atoms with Crippen molar-refractivity contribution < 1.29 is 36.3 Å². The first-order valence-electron chi connectivity index (χ1n) is 18.5. The minimum Gasteiger partial charge on any atom is -0.316 e. The number of halogens is 6. The fourth-order valence-corrected chi connectivity index (χ4v) is 6.97. The van der Waals surface area contributed by atoms with Gasteiger partial charge in [-0.25, -0.2) is 26.3 Å². The number of hydrogen-bond donors (Lipinski definition) is 0. The van der Waals surface area contributed by atoms with Crippen LogP contribution < -0.4 is 0 Å². The van der Waals surface area contributed by atoms with Gasteiger partial charge in [0.05, 0.1) is 18.6 Å². The van der Waals surface area contributed by atoms with Crippen molar-refractivity contribution in [3.05, 3.63) is 131 Å². The molecule has 0 radical (unpaired) electrons. The molecule has 0 saturated carbocycles. The van der Waals surface area contributed by atoms with E-state index in [4.69, 9.17) is 0 Å². The molecule has 0 unspecified atom stereocenters. The fourth-order valence-electron chi connectivity index (χ4n) is 6.97. The number of unbranched alkanes of at least 4 members (excludes halogenated alkanes) is 2. The Balaban J connectivity index is 1.82. The van der Waals surface area contributed by atoms with Crippen molar-refractivity contribution in [2.45, 2.75) is 52.5 Å². The van der Waals surface area contributed by atoms with Gasteiger partial charge in [-0.05, 0) is 93.0 Å². The highest BCUT2D eigenvalue weighted by Gasteiger charge is 2.38. The Labute approximate surface area is 287 Å². The molecular weight excluding hydrogens is 632 g/mol. The van der Waals surface area contributed by atoms with Crippen molar-refractivity contribution in [2.24, 2.45) is 0 Å². The zero-order valence-electron chi connectivity index (χ0n) is 31.0. The predicted molar refractivity (Wildman–Crippen MR) is 185 cm³/mol. The van der Waals surface area contributed by atoms with Gasteiger partial charge >= 0.3 is 0 Å². The second kappa shape index (κ2) is 13.0. The first-order valence-corrected chi connectivity index (χ1v) is 16.5. The van der Waals surface area contributed by atoms with Gasteiger partial charge in [-0.3, -0.25) is 0 Å². The molecule has 7 rings (SSSR count). The summed E-state index contributed by atoms with van der Waals surface area (Å²) < 4.78 is 130. The molecule has 6 aromatic carbocycles. The van der Waals surface area contributed by atoms with E-state index in [-0.39, 0.29) is 57.6 Å². The van der Waals surface area contributed by atoms with E-state index in [1.54, 1.807) is 60.7 Å². The van der Waals surface area contributed by atoms with E-state index in [1.807, 2.05) is 13.8 Å². The smallest absolute Gasteiger partial charge is 0.194 e. The van der Waals surface area contributed by atoms with Gasteiger partial charge in [-0.1, -0.05) is 75.2 Å². The SMILES string of the molecule is [2H]C1([2H])c2c(-c3cc(F)c(F)c(F)c3)cc3ccccc3c2-c2c(c(-c3cc(F)c(F)c(F)c3)cc3ccccc23)C([2H])([2H])[N+]1(CCCC)CCCC. The van der Waals surface area contributed by atoms with Crippen molar-refractivity contribution in [2.75, 3.05) is 13.1 Å². The average molecular weight is 673 g/mol. The van der Waals surface area contributed by atoms with Crippen LogP contribution in [0.2, 0.25) is 0 Å². The summed E-state index contributed by atoms with van der Waals surface area (Å²) >= 11 is 0. The van der Waals surface area contributed by atoms with Crippen LogP contribution in [0.15, 0.2) is 84.9 Å². The van der Waals surface area contributed by atoms with Gasteiger partial charge in [0.1, 0.15) is 13.0 Å². The highest BCUT2D eigenvalue weighted by Crippen LogP contribution is 2.50. The molecule has 0 amide bonds. The summed E-state index contributed by atoms with van der Waals surface area (Å²) in [4.78, 5) is 0. The molecule has 6 aromatic rings. The third kappa shape index (κ3) is 5.78. The van der Waals surface area contributed by atoms with E-state index < -0.39 is 52.4 Å². The van der Waals surface area contributed by atoms with Crippen molar-refractivity contribution in [1.29, 1.82) is 0 Å². The van der Waals surface area contributed by atoms with Gasteiger partial charge in [-0.15, -0.1) is 0 Å². The van der Waals surface area contributed by atoms with Gasteiger partial charge in [0.2, 0.25) is 0 Å². The van der Waals surface area contributed by atoms with Crippen LogP contribution in [-0.4, -0.2) is 17.6 Å². The number of fused-ring (bicyclic) bond motifs is 7. The number of hydrogen-bond acceptors (Lipinski definition) is 0. The molecule has 0 spiro atoms. The van der Waals surface area contributed by atoms with Gasteiger partial charge in [-0.2, -0.15) is 0 Å². The molecular formula is C42H36F6N+. The van der Waals surface area contributed by atoms with E-state index in [0.717, 1.165) is 24.3 Å². The van der Waals surface area contributed by atoms with Crippen LogP contribution in [0, 0.1) is 34.9 Å². The fraction of sp³-hybridized carbons (Fsp3) is 0.238. The topological polar surface area (TPSA) is 0 Å². The number of rotatable bonds is 8. The highest BCUT2D eigenvalue weighted by molar-refractivity contribution is 6.11. The van der Waals surface area contributed by atoms with Crippen LogP contribution in [0.5, 0.6) is 0 Å². The number of quaternary nitrogens is 1. The summed E-state index contributed by atoms with van der Waals surface area (Å²) in [6, 6.07) is 20.3. The molecule has 0 fully saturated rings. The van der Waals surface area contributed by atoms with E-state index in [9.17, 15) is 14.3 Å². The van der Waals surface area contributed by atoms with Crippen LogP contribution in [0.3, 0.4) is 0 Å². The number of nitrogens with zero attached hydrogens (tertiary/aromatic N) is 1. The second-order valence-electron chi connectivity index (χ2n) is 12.6. The molecule has 0 atom stereocenters. The van der Waals surface area contributed by atoms with Crippen molar-refractivity contribution in [1.82, 2.24) is 0 Å². The summed E-state index contributed by atoms with van der Waals surface area (Å²) in [7, 11) is 0. The second-order valence-corrected chi connectivity index (χ2v) is 12.6. The molecule has 49 heavy (non-hydrogen) atoms. The number of benzene rings is 6. The molecule has 1 heterocycles. The zero-order valence-corrected chi connectivity index (χ0v) is 27.0. The monoisotopic (exact) mass is 672 g/mol. The van der Waals surface area contributed by atoms with Crippen molar-refractivity contribution >= 4 is 21.5 Å². The maximum atomic E-state index is 15.1. The van der Waals surface area contributed by atoms with Gasteiger partial charge in [0.25, 0.3) is 0 Å². The lowest BCUT2D eigenvalue weighted by atomic mass is 9.82. The molecule has 0 N–H and O–H groups in total. The Morgan fingerprint density at radius 1 is 0.551 bits per heavy atom. The van der Waals surface area contributed by atoms with E-state index in [2.05, 4.69) is 0 Å². The summed E-state index contributed by atoms with van der Waals surface area (Å²) in [6.45, 7) is -1.58. The van der Waals surface area contributed by atoms with Crippen LogP contribution in [0.4, 0.5) is 26.3 Å². The molecule has 1 nitrogen and oxygen atoms in total. The van der Waals surface area contributed by atoms with E-state index >= 15 is 17.6 Å².